The molecule has 2 aromatic carbocycles. The minimum atomic E-state index is -0.477. The van der Waals surface area contributed by atoms with Gasteiger partial charge in [-0.2, -0.15) is 0 Å². The Kier molecular flexibility index (Phi) is 4.79. The van der Waals surface area contributed by atoms with E-state index < -0.39 is 5.60 Å². The van der Waals surface area contributed by atoms with E-state index in [0.717, 1.165) is 27.8 Å². The van der Waals surface area contributed by atoms with Crippen LogP contribution in [0, 0.1) is 0 Å². The van der Waals surface area contributed by atoms with Gasteiger partial charge in [-0.05, 0) is 74.9 Å². The van der Waals surface area contributed by atoms with E-state index >= 15 is 0 Å². The standard InChI is InChI=1S/C25H25NO3/c1-5-28-23-11-8-19(24-20(23)12-14-25(2,3)29-24)22(27)10-7-17-6-9-21-18(16-17)13-15-26(21)4/h6-16H,5H2,1-4H3/b10-7+. The molecule has 0 spiro atoms. The predicted molar refractivity (Wildman–Crippen MR) is 118 cm³/mol. The van der Waals surface area contributed by atoms with E-state index in [1.165, 1.54) is 0 Å². The van der Waals surface area contributed by atoms with Crippen LogP contribution in [-0.2, 0) is 7.05 Å². The average Bonchev–Trinajstić information content (AvgIpc) is 3.06. The van der Waals surface area contributed by atoms with Gasteiger partial charge in [0.15, 0.2) is 5.78 Å². The maximum atomic E-state index is 13.0. The largest absolute Gasteiger partial charge is 0.493 e. The highest BCUT2D eigenvalue weighted by molar-refractivity contribution is 6.09. The number of rotatable bonds is 5. The van der Waals surface area contributed by atoms with Gasteiger partial charge in [-0.1, -0.05) is 12.1 Å². The maximum absolute atomic E-state index is 13.0. The summed E-state index contributed by atoms with van der Waals surface area (Å²) in [4.78, 5) is 13.0. The highest BCUT2D eigenvalue weighted by Gasteiger charge is 2.27. The molecule has 0 saturated carbocycles. The van der Waals surface area contributed by atoms with Gasteiger partial charge in [-0.25, -0.2) is 0 Å². The normalized spacial score (nSPS) is 14.8. The first-order chi connectivity index (χ1) is 13.9. The molecule has 148 valence electrons. The van der Waals surface area contributed by atoms with E-state index in [4.69, 9.17) is 9.47 Å². The molecule has 4 nitrogen and oxygen atoms in total. The van der Waals surface area contributed by atoms with Crippen molar-refractivity contribution < 1.29 is 14.3 Å². The number of nitrogens with zero attached hydrogens (tertiary/aromatic N) is 1. The Morgan fingerprint density at radius 2 is 2.03 bits per heavy atom. The molecule has 0 amide bonds. The van der Waals surface area contributed by atoms with E-state index in [-0.39, 0.29) is 5.78 Å². The van der Waals surface area contributed by atoms with Crippen LogP contribution in [-0.4, -0.2) is 22.6 Å². The lowest BCUT2D eigenvalue weighted by Crippen LogP contribution is -2.28. The lowest BCUT2D eigenvalue weighted by molar-refractivity contribution is 0.103. The van der Waals surface area contributed by atoms with Crippen molar-refractivity contribution in [2.45, 2.75) is 26.4 Å². The monoisotopic (exact) mass is 387 g/mol. The predicted octanol–water partition coefficient (Wildman–Crippen LogP) is 5.66. The molecule has 0 saturated heterocycles. The molecule has 4 rings (SSSR count). The maximum Gasteiger partial charge on any atom is 0.189 e. The summed E-state index contributed by atoms with van der Waals surface area (Å²) in [6.45, 7) is 6.44. The Balaban J connectivity index is 1.67. The number of aryl methyl sites for hydroxylation is 1. The fourth-order valence-electron chi connectivity index (χ4n) is 3.57. The summed E-state index contributed by atoms with van der Waals surface area (Å²) in [5.74, 6) is 1.21. The van der Waals surface area contributed by atoms with Crippen LogP contribution in [0.15, 0.2) is 54.7 Å². The minimum Gasteiger partial charge on any atom is -0.493 e. The van der Waals surface area contributed by atoms with Crippen molar-refractivity contribution >= 4 is 28.8 Å². The fourth-order valence-corrected chi connectivity index (χ4v) is 3.57. The number of carbonyl (C=O) groups is 1. The number of ether oxygens (including phenoxy) is 2. The quantitative estimate of drug-likeness (QED) is 0.419. The van der Waals surface area contributed by atoms with E-state index in [0.29, 0.717) is 17.9 Å². The van der Waals surface area contributed by atoms with Gasteiger partial charge in [-0.3, -0.25) is 4.79 Å². The SMILES string of the molecule is CCOc1ccc(C(=O)/C=C/c2ccc3c(ccn3C)c2)c2c1C=CC(C)(C)O2. The summed E-state index contributed by atoms with van der Waals surface area (Å²) in [7, 11) is 2.02. The number of hydrogen-bond donors (Lipinski definition) is 0. The molecule has 0 N–H and O–H groups in total. The molecule has 3 aromatic rings. The van der Waals surface area contributed by atoms with Crippen LogP contribution in [0.3, 0.4) is 0 Å². The van der Waals surface area contributed by atoms with Crippen molar-refractivity contribution in [3.8, 4) is 11.5 Å². The van der Waals surface area contributed by atoms with Crippen molar-refractivity contribution in [2.75, 3.05) is 6.61 Å². The number of aromatic nitrogens is 1. The topological polar surface area (TPSA) is 40.5 Å². The molecular weight excluding hydrogens is 362 g/mol. The van der Waals surface area contributed by atoms with E-state index in [1.54, 1.807) is 12.1 Å². The first kappa shape index (κ1) is 19.1. The van der Waals surface area contributed by atoms with Crippen molar-refractivity contribution in [1.82, 2.24) is 4.57 Å². The second-order valence-electron chi connectivity index (χ2n) is 7.77. The molecule has 1 aromatic heterocycles. The zero-order valence-corrected chi connectivity index (χ0v) is 17.2. The van der Waals surface area contributed by atoms with Crippen molar-refractivity contribution in [2.24, 2.45) is 7.05 Å². The third-order valence-electron chi connectivity index (χ3n) is 5.07. The van der Waals surface area contributed by atoms with Crippen molar-refractivity contribution in [3.05, 3.63) is 71.4 Å². The number of ketones is 1. The summed E-state index contributed by atoms with van der Waals surface area (Å²) < 4.78 is 13.9. The number of carbonyl (C=O) groups excluding carboxylic acids is 1. The molecule has 0 aliphatic carbocycles. The molecule has 0 radical (unpaired) electrons. The Morgan fingerprint density at radius 1 is 1.21 bits per heavy atom. The lowest BCUT2D eigenvalue weighted by atomic mass is 9.97. The molecule has 1 aliphatic heterocycles. The Morgan fingerprint density at radius 3 is 2.83 bits per heavy atom. The first-order valence-electron chi connectivity index (χ1n) is 9.83. The van der Waals surface area contributed by atoms with Crippen LogP contribution in [0.25, 0.3) is 23.1 Å². The highest BCUT2D eigenvalue weighted by Crippen LogP contribution is 2.40. The van der Waals surface area contributed by atoms with Crippen molar-refractivity contribution in [3.63, 3.8) is 0 Å². The molecule has 29 heavy (non-hydrogen) atoms. The molecule has 0 fully saturated rings. The molecular formula is C25H25NO3. The number of hydrogen-bond acceptors (Lipinski definition) is 3. The summed E-state index contributed by atoms with van der Waals surface area (Å²) in [5, 5.41) is 1.15. The number of benzene rings is 2. The zero-order chi connectivity index (χ0) is 20.6. The van der Waals surface area contributed by atoms with Crippen LogP contribution >= 0.6 is 0 Å². The van der Waals surface area contributed by atoms with Crippen LogP contribution in [0.5, 0.6) is 11.5 Å². The van der Waals surface area contributed by atoms with Gasteiger partial charge in [0.2, 0.25) is 0 Å². The molecule has 1 aliphatic rings. The van der Waals surface area contributed by atoms with E-state index in [9.17, 15) is 4.79 Å². The van der Waals surface area contributed by atoms with Crippen LogP contribution < -0.4 is 9.47 Å². The van der Waals surface area contributed by atoms with Gasteiger partial charge in [-0.15, -0.1) is 0 Å². The van der Waals surface area contributed by atoms with Crippen molar-refractivity contribution in [1.29, 1.82) is 0 Å². The Labute approximate surface area is 171 Å². The Bertz CT molecular complexity index is 1150. The third kappa shape index (κ3) is 3.70. The van der Waals surface area contributed by atoms with Gasteiger partial charge >= 0.3 is 0 Å². The number of fused-ring (bicyclic) bond motifs is 2. The van der Waals surface area contributed by atoms with E-state index in [2.05, 4.69) is 22.8 Å². The van der Waals surface area contributed by atoms with Gasteiger partial charge in [0.25, 0.3) is 0 Å². The second kappa shape index (κ2) is 7.28. The lowest BCUT2D eigenvalue weighted by Gasteiger charge is -2.30. The summed E-state index contributed by atoms with van der Waals surface area (Å²) >= 11 is 0. The highest BCUT2D eigenvalue weighted by atomic mass is 16.5. The molecule has 0 unspecified atom stereocenters. The molecule has 4 heteroatoms. The van der Waals surface area contributed by atoms with Gasteiger partial charge in [0, 0.05) is 24.1 Å². The molecule has 0 atom stereocenters. The van der Waals surface area contributed by atoms with Crippen LogP contribution in [0.4, 0.5) is 0 Å². The molecule has 2 heterocycles. The summed E-state index contributed by atoms with van der Waals surface area (Å²) in [6.07, 6.45) is 9.45. The summed E-state index contributed by atoms with van der Waals surface area (Å²) in [5.41, 5.74) is 3.03. The first-order valence-corrected chi connectivity index (χ1v) is 9.83. The van der Waals surface area contributed by atoms with Gasteiger partial charge < -0.3 is 14.0 Å². The smallest absolute Gasteiger partial charge is 0.189 e. The van der Waals surface area contributed by atoms with Gasteiger partial charge in [0.1, 0.15) is 17.1 Å². The fraction of sp³-hybridized carbons (Fsp3) is 0.240. The second-order valence-corrected chi connectivity index (χ2v) is 7.77. The Hall–Kier alpha value is -3.27. The third-order valence-corrected chi connectivity index (χ3v) is 5.07. The number of allylic oxidation sites excluding steroid dienone is 1. The van der Waals surface area contributed by atoms with Gasteiger partial charge in [0.05, 0.1) is 17.7 Å². The van der Waals surface area contributed by atoms with Crippen LogP contribution in [0.1, 0.15) is 42.3 Å². The summed E-state index contributed by atoms with van der Waals surface area (Å²) in [6, 6.07) is 11.9. The van der Waals surface area contributed by atoms with E-state index in [1.807, 2.05) is 64.4 Å². The molecule has 0 bridgehead atoms. The van der Waals surface area contributed by atoms with Crippen LogP contribution in [0.2, 0.25) is 0 Å². The average molecular weight is 387 g/mol. The minimum absolute atomic E-state index is 0.0939. The zero-order valence-electron chi connectivity index (χ0n) is 17.2.